The molecule has 0 aliphatic heterocycles. The van der Waals surface area contributed by atoms with Gasteiger partial charge in [0.15, 0.2) is 0 Å². The predicted molar refractivity (Wildman–Crippen MR) is 119 cm³/mol. The summed E-state index contributed by atoms with van der Waals surface area (Å²) in [5.41, 5.74) is 0. The van der Waals surface area contributed by atoms with E-state index < -0.39 is 0 Å². The molecule has 1 unspecified atom stereocenters. The number of hydrogen-bond acceptors (Lipinski definition) is 0. The molecule has 0 nitrogen and oxygen atoms in total. The molecule has 0 aromatic heterocycles. The molecule has 1 fully saturated rings. The van der Waals surface area contributed by atoms with Crippen molar-refractivity contribution in [2.75, 3.05) is 0 Å². The van der Waals surface area contributed by atoms with Gasteiger partial charge < -0.3 is 0 Å². The second kappa shape index (κ2) is 20.1. The molecule has 25 heavy (non-hydrogen) atoms. The van der Waals surface area contributed by atoms with E-state index in [1.165, 1.54) is 70.6 Å². The van der Waals surface area contributed by atoms with Gasteiger partial charge in [-0.2, -0.15) is 0 Å². The van der Waals surface area contributed by atoms with Crippen LogP contribution in [0.5, 0.6) is 0 Å². The van der Waals surface area contributed by atoms with Crippen molar-refractivity contribution in [3.8, 4) is 0 Å². The Morgan fingerprint density at radius 2 is 1.36 bits per heavy atom. The highest BCUT2D eigenvalue weighted by Gasteiger charge is 2.17. The summed E-state index contributed by atoms with van der Waals surface area (Å²) >= 11 is 0. The first-order chi connectivity index (χ1) is 12.0. The minimum absolute atomic E-state index is 0.702. The molecule has 1 atom stereocenters. The molecule has 0 spiro atoms. The monoisotopic (exact) mass is 352 g/mol. The van der Waals surface area contributed by atoms with E-state index in [0.29, 0.717) is 5.92 Å². The molecular formula is C25H52. The van der Waals surface area contributed by atoms with E-state index in [0.717, 1.165) is 17.8 Å². The minimum atomic E-state index is 0.702. The summed E-state index contributed by atoms with van der Waals surface area (Å²) in [7, 11) is 0. The van der Waals surface area contributed by atoms with Crippen LogP contribution in [0.25, 0.3) is 0 Å². The van der Waals surface area contributed by atoms with E-state index in [1.54, 1.807) is 0 Å². The molecule has 1 rings (SSSR count). The zero-order valence-corrected chi connectivity index (χ0v) is 19.2. The average molecular weight is 353 g/mol. The highest BCUT2D eigenvalue weighted by Crippen LogP contribution is 2.28. The maximum atomic E-state index is 2.41. The maximum absolute atomic E-state index is 2.41. The Labute approximate surface area is 162 Å². The number of allylic oxidation sites excluding steroid dienone is 2. The van der Waals surface area contributed by atoms with Gasteiger partial charge in [0.2, 0.25) is 0 Å². The zero-order chi connectivity index (χ0) is 19.5. The summed E-state index contributed by atoms with van der Waals surface area (Å²) in [6, 6.07) is 0. The van der Waals surface area contributed by atoms with Crippen LogP contribution in [0, 0.1) is 23.7 Å². The first-order valence-corrected chi connectivity index (χ1v) is 11.7. The first-order valence-electron chi connectivity index (χ1n) is 11.7. The van der Waals surface area contributed by atoms with E-state index in [1.807, 2.05) is 13.8 Å². The van der Waals surface area contributed by atoms with Gasteiger partial charge in [-0.25, -0.2) is 0 Å². The third-order valence-electron chi connectivity index (χ3n) is 5.36. The minimum Gasteiger partial charge on any atom is -0.0880 e. The number of hydrogen-bond donors (Lipinski definition) is 0. The fourth-order valence-electron chi connectivity index (χ4n) is 3.88. The third-order valence-corrected chi connectivity index (χ3v) is 5.36. The fourth-order valence-corrected chi connectivity index (χ4v) is 3.88. The molecule has 1 aliphatic rings. The van der Waals surface area contributed by atoms with Crippen LogP contribution in [0.1, 0.15) is 126 Å². The normalized spacial score (nSPS) is 16.4. The quantitative estimate of drug-likeness (QED) is 0.362. The fraction of sp³-hybridized carbons (Fsp3) is 0.920. The first kappa shape index (κ1) is 27.0. The molecule has 1 aliphatic carbocycles. The molecule has 1 saturated carbocycles. The van der Waals surface area contributed by atoms with Crippen molar-refractivity contribution in [1.29, 1.82) is 0 Å². The van der Waals surface area contributed by atoms with Gasteiger partial charge in [-0.1, -0.05) is 132 Å². The summed E-state index contributed by atoms with van der Waals surface area (Å²) in [6.07, 6.45) is 20.4. The molecule has 0 bridgehead atoms. The van der Waals surface area contributed by atoms with Gasteiger partial charge >= 0.3 is 0 Å². The van der Waals surface area contributed by atoms with Gasteiger partial charge in [0.25, 0.3) is 0 Å². The average Bonchev–Trinajstić information content (AvgIpc) is 2.61. The Morgan fingerprint density at radius 1 is 0.840 bits per heavy atom. The Hall–Kier alpha value is -0.260. The van der Waals surface area contributed by atoms with Crippen molar-refractivity contribution >= 4 is 0 Å². The third kappa shape index (κ3) is 16.9. The second-order valence-corrected chi connectivity index (χ2v) is 8.16. The van der Waals surface area contributed by atoms with Crippen LogP contribution in [-0.4, -0.2) is 0 Å². The van der Waals surface area contributed by atoms with Crippen LogP contribution >= 0.6 is 0 Å². The molecule has 0 aromatic rings. The maximum Gasteiger partial charge on any atom is -0.0290 e. The molecule has 0 radical (unpaired) electrons. The molecule has 0 heterocycles. The molecule has 0 heteroatoms. The van der Waals surface area contributed by atoms with Crippen molar-refractivity contribution < 1.29 is 0 Å². The predicted octanol–water partition coefficient (Wildman–Crippen LogP) is 9.44. The van der Waals surface area contributed by atoms with Crippen molar-refractivity contribution in [1.82, 2.24) is 0 Å². The molecular weight excluding hydrogens is 300 g/mol. The lowest BCUT2D eigenvalue weighted by Crippen LogP contribution is -2.13. The van der Waals surface area contributed by atoms with Crippen LogP contribution in [0.15, 0.2) is 12.2 Å². The van der Waals surface area contributed by atoms with E-state index in [2.05, 4.69) is 53.7 Å². The van der Waals surface area contributed by atoms with Crippen molar-refractivity contribution in [2.24, 2.45) is 23.7 Å². The van der Waals surface area contributed by atoms with E-state index in [9.17, 15) is 0 Å². The van der Waals surface area contributed by atoms with Crippen LogP contribution in [0.4, 0.5) is 0 Å². The lowest BCUT2D eigenvalue weighted by molar-refractivity contribution is 0.283. The van der Waals surface area contributed by atoms with Crippen molar-refractivity contribution in [3.05, 3.63) is 12.2 Å². The highest BCUT2D eigenvalue weighted by molar-refractivity contribution is 4.87. The van der Waals surface area contributed by atoms with Crippen LogP contribution in [0.3, 0.4) is 0 Å². The van der Waals surface area contributed by atoms with Gasteiger partial charge in [-0.15, -0.1) is 0 Å². The van der Waals surface area contributed by atoms with Gasteiger partial charge in [0.1, 0.15) is 0 Å². The van der Waals surface area contributed by atoms with Crippen LogP contribution in [0.2, 0.25) is 0 Å². The second-order valence-electron chi connectivity index (χ2n) is 8.16. The smallest absolute Gasteiger partial charge is 0.0290 e. The highest BCUT2D eigenvalue weighted by atomic mass is 14.2. The molecule has 0 saturated heterocycles. The molecule has 152 valence electrons. The topological polar surface area (TPSA) is 0 Å². The van der Waals surface area contributed by atoms with E-state index >= 15 is 0 Å². The lowest BCUT2D eigenvalue weighted by Gasteiger charge is -2.24. The lowest BCUT2D eigenvalue weighted by atomic mass is 9.81. The Kier molecular flexibility index (Phi) is 21.6. The van der Waals surface area contributed by atoms with Crippen molar-refractivity contribution in [3.63, 3.8) is 0 Å². The summed E-state index contributed by atoms with van der Waals surface area (Å²) in [6.45, 7) is 17.9. The zero-order valence-electron chi connectivity index (χ0n) is 19.2. The van der Waals surface area contributed by atoms with Crippen molar-refractivity contribution in [2.45, 2.75) is 126 Å². The Bertz CT molecular complexity index is 251. The van der Waals surface area contributed by atoms with Crippen LogP contribution < -0.4 is 0 Å². The van der Waals surface area contributed by atoms with Gasteiger partial charge in [-0.3, -0.25) is 0 Å². The standard InChI is InChI=1S/C16H32.C7H14.C2H6/c1-6-10-16(11-7-2)15(8-3)13-9-12-14(4)5;1-7-5-3-2-4-6-7;1-2/h9,12,14-16H,6-8,10-11,13H2,1-5H3;7H,2-6H2,1H3;1-2H3/b12-9-;;. The van der Waals surface area contributed by atoms with E-state index in [4.69, 9.17) is 0 Å². The summed E-state index contributed by atoms with van der Waals surface area (Å²) in [5, 5.41) is 0. The SMILES string of the molecule is CC.CC1CCCCC1.CCCC(CCC)C(CC)C/C=C\C(C)C. The largest absolute Gasteiger partial charge is 0.0880 e. The molecule has 0 N–H and O–H groups in total. The van der Waals surface area contributed by atoms with Crippen LogP contribution in [-0.2, 0) is 0 Å². The van der Waals surface area contributed by atoms with Gasteiger partial charge in [-0.05, 0) is 30.1 Å². The van der Waals surface area contributed by atoms with E-state index in [-0.39, 0.29) is 0 Å². The summed E-state index contributed by atoms with van der Waals surface area (Å²) in [4.78, 5) is 0. The number of rotatable bonds is 9. The Balaban J connectivity index is 0. The summed E-state index contributed by atoms with van der Waals surface area (Å²) < 4.78 is 0. The molecule has 0 amide bonds. The summed E-state index contributed by atoms with van der Waals surface area (Å²) in [5.74, 6) is 3.61. The van der Waals surface area contributed by atoms with Gasteiger partial charge in [0.05, 0.1) is 0 Å². The molecule has 0 aromatic carbocycles. The van der Waals surface area contributed by atoms with Gasteiger partial charge in [0, 0.05) is 0 Å². The Morgan fingerprint density at radius 3 is 1.68 bits per heavy atom.